The van der Waals surface area contributed by atoms with Gasteiger partial charge in [-0.15, -0.1) is 25.6 Å². The molecule has 18 heteroatoms. The highest BCUT2D eigenvalue weighted by Gasteiger charge is 2.33. The summed E-state index contributed by atoms with van der Waals surface area (Å²) < 4.78 is 66.1. The predicted molar refractivity (Wildman–Crippen MR) is 143 cm³/mol. The number of nitrogens with two attached hydrogens (primary N) is 1. The average Bonchev–Trinajstić information content (AvgIpc) is 3.27. The highest BCUT2D eigenvalue weighted by molar-refractivity contribution is 8.13. The van der Waals surface area contributed by atoms with Gasteiger partial charge in [-0.25, -0.2) is 18.4 Å². The van der Waals surface area contributed by atoms with E-state index in [4.69, 9.17) is 21.2 Å². The lowest BCUT2D eigenvalue weighted by molar-refractivity contribution is -0.275. The lowest BCUT2D eigenvalue weighted by atomic mass is 10.1. The van der Waals surface area contributed by atoms with Crippen molar-refractivity contribution in [2.75, 3.05) is 17.7 Å². The molecule has 0 bridgehead atoms. The molecule has 41 heavy (non-hydrogen) atoms. The summed E-state index contributed by atoms with van der Waals surface area (Å²) in [5.74, 6) is -0.803. The molecular formula is C23H19Cl2F3N6O6S. The molecule has 0 saturated heterocycles. The molecule has 0 atom stereocenters. The Kier molecular flexibility index (Phi) is 9.52. The number of nitrogens with zero attached hydrogens (tertiary/aromatic N) is 2. The monoisotopic (exact) mass is 634 g/mol. The van der Waals surface area contributed by atoms with Crippen LogP contribution in [0.25, 0.3) is 11.0 Å². The number of H-pyrrole nitrogens is 1. The lowest BCUT2D eigenvalue weighted by Crippen LogP contribution is -2.26. The molecule has 2 aromatic carbocycles. The van der Waals surface area contributed by atoms with E-state index in [2.05, 4.69) is 30.3 Å². The number of hydrogen-bond acceptors (Lipinski definition) is 9. The van der Waals surface area contributed by atoms with Gasteiger partial charge >= 0.3 is 6.36 Å². The number of anilines is 2. The fraction of sp³-hybridized carbons (Fsp3) is 0.130. The quantitative estimate of drug-likeness (QED) is 0.238. The van der Waals surface area contributed by atoms with E-state index >= 15 is 0 Å². The van der Waals surface area contributed by atoms with Crippen molar-refractivity contribution in [1.29, 1.82) is 0 Å². The average molecular weight is 635 g/mol. The molecule has 12 nitrogen and oxygen atoms in total. The van der Waals surface area contributed by atoms with Crippen LogP contribution in [-0.2, 0) is 20.4 Å². The van der Waals surface area contributed by atoms with Crippen LogP contribution in [0.1, 0.15) is 16.1 Å². The number of carbonyl (C=O) groups is 2. The summed E-state index contributed by atoms with van der Waals surface area (Å²) in [6, 6.07) is 9.55. The topological polar surface area (TPSA) is 178 Å². The maximum atomic E-state index is 12.4. The molecule has 0 unspecified atom stereocenters. The van der Waals surface area contributed by atoms with Crippen LogP contribution in [0.4, 0.5) is 24.5 Å². The van der Waals surface area contributed by atoms with E-state index in [0.29, 0.717) is 28.2 Å². The number of carbonyl (C=O) groups excluding carboxylic acids is 2. The summed E-state index contributed by atoms with van der Waals surface area (Å²) in [4.78, 5) is 34.1. The maximum absolute atomic E-state index is 12.4. The van der Waals surface area contributed by atoms with Gasteiger partial charge in [0.2, 0.25) is 0 Å². The summed E-state index contributed by atoms with van der Waals surface area (Å²) in [5.41, 5.74) is 8.86. The van der Waals surface area contributed by atoms with E-state index in [1.807, 2.05) is 6.07 Å². The van der Waals surface area contributed by atoms with Crippen molar-refractivity contribution in [3.05, 3.63) is 66.2 Å². The van der Waals surface area contributed by atoms with Gasteiger partial charge in [-0.05, 0) is 29.8 Å². The number of rotatable bonds is 5. The Bertz CT molecular complexity index is 1700. The van der Waals surface area contributed by atoms with Crippen molar-refractivity contribution in [1.82, 2.24) is 20.3 Å². The van der Waals surface area contributed by atoms with Crippen molar-refractivity contribution in [2.24, 2.45) is 0 Å². The third kappa shape index (κ3) is 7.90. The van der Waals surface area contributed by atoms with Crippen LogP contribution in [0.5, 0.6) is 11.5 Å². The SMILES string of the molecule is Cl.Nc1c[nH]c2c(C(=O)NCc3ccc4c(c3)NC(=O)CO4)ncnc12.O=S(=O)(Cl)c1ccccc1OC(F)(F)F. The van der Waals surface area contributed by atoms with Crippen molar-refractivity contribution in [2.45, 2.75) is 17.8 Å². The Morgan fingerprint density at radius 2 is 1.93 bits per heavy atom. The van der Waals surface area contributed by atoms with Gasteiger partial charge in [0.05, 0.1) is 16.9 Å². The summed E-state index contributed by atoms with van der Waals surface area (Å²) in [6.07, 6.45) is -2.09. The van der Waals surface area contributed by atoms with Gasteiger partial charge in [0.1, 0.15) is 28.2 Å². The largest absolute Gasteiger partial charge is 0.573 e. The number of amides is 2. The zero-order valence-electron chi connectivity index (χ0n) is 20.4. The molecule has 2 aromatic heterocycles. The first-order valence-electron chi connectivity index (χ1n) is 11.0. The van der Waals surface area contributed by atoms with Crippen LogP contribution in [0.3, 0.4) is 0 Å². The summed E-state index contributed by atoms with van der Waals surface area (Å²) in [6.45, 7) is 0.274. The molecule has 3 heterocycles. The minimum atomic E-state index is -4.96. The molecule has 2 amide bonds. The van der Waals surface area contributed by atoms with Crippen LogP contribution >= 0.6 is 23.1 Å². The number of para-hydroxylation sites is 1. The Balaban J connectivity index is 0.000000250. The minimum absolute atomic E-state index is 0. The number of halogens is 5. The van der Waals surface area contributed by atoms with Crippen LogP contribution < -0.4 is 25.8 Å². The fourth-order valence-electron chi connectivity index (χ4n) is 3.50. The fourth-order valence-corrected chi connectivity index (χ4v) is 4.47. The first kappa shape index (κ1) is 31.3. The predicted octanol–water partition coefficient (Wildman–Crippen LogP) is 3.74. The zero-order chi connectivity index (χ0) is 29.1. The molecule has 0 fully saturated rings. The minimum Gasteiger partial charge on any atom is -0.482 e. The first-order chi connectivity index (χ1) is 18.8. The van der Waals surface area contributed by atoms with E-state index in [9.17, 15) is 31.2 Å². The van der Waals surface area contributed by atoms with Gasteiger partial charge in [-0.1, -0.05) is 18.2 Å². The van der Waals surface area contributed by atoms with E-state index < -0.39 is 26.1 Å². The van der Waals surface area contributed by atoms with E-state index in [0.717, 1.165) is 17.7 Å². The number of benzene rings is 2. The van der Waals surface area contributed by atoms with Crippen molar-refractivity contribution in [3.63, 3.8) is 0 Å². The van der Waals surface area contributed by atoms with E-state index in [1.54, 1.807) is 18.3 Å². The summed E-state index contributed by atoms with van der Waals surface area (Å²) in [7, 11) is 0.659. The van der Waals surface area contributed by atoms with Gasteiger partial charge < -0.3 is 30.8 Å². The molecule has 0 spiro atoms. The molecule has 4 aromatic rings. The van der Waals surface area contributed by atoms with Crippen molar-refractivity contribution in [3.8, 4) is 11.5 Å². The second-order valence-corrected chi connectivity index (χ2v) is 10.5. The molecule has 0 radical (unpaired) electrons. The lowest BCUT2D eigenvalue weighted by Gasteiger charge is -2.18. The molecule has 0 aliphatic carbocycles. The zero-order valence-corrected chi connectivity index (χ0v) is 22.7. The van der Waals surface area contributed by atoms with Crippen LogP contribution in [0.2, 0.25) is 0 Å². The molecule has 5 N–H and O–H groups in total. The summed E-state index contributed by atoms with van der Waals surface area (Å²) >= 11 is 0. The normalized spacial score (nSPS) is 12.5. The number of nitrogen functional groups attached to an aromatic ring is 1. The number of aromatic nitrogens is 3. The molecule has 0 saturated carbocycles. The third-order valence-electron chi connectivity index (χ3n) is 5.18. The number of hydrogen-bond donors (Lipinski definition) is 4. The Hall–Kier alpha value is -4.28. The standard InChI is InChI=1S/C16H14N6O3.C7H4ClF3O3S.ClH/c17-9-5-18-14-13(9)20-7-21-15(14)16(24)19-4-8-1-2-11-10(3-8)22-12(23)6-25-11;8-15(12,13)6-4-2-1-3-5(6)14-7(9,10)11;/h1-3,5,7,18H,4,6,17H2,(H,19,24)(H,22,23);1-4H;1H. The maximum Gasteiger partial charge on any atom is 0.573 e. The van der Waals surface area contributed by atoms with Crippen LogP contribution in [0, 0.1) is 0 Å². The number of ether oxygens (including phenoxy) is 2. The summed E-state index contributed by atoms with van der Waals surface area (Å²) in [5, 5.41) is 5.52. The highest BCUT2D eigenvalue weighted by Crippen LogP contribution is 2.31. The van der Waals surface area contributed by atoms with Crippen molar-refractivity contribution < 1.29 is 40.7 Å². The van der Waals surface area contributed by atoms with Gasteiger partial charge in [-0.3, -0.25) is 9.59 Å². The highest BCUT2D eigenvalue weighted by atomic mass is 35.7. The van der Waals surface area contributed by atoms with E-state index in [-0.39, 0.29) is 43.1 Å². The Labute approximate surface area is 240 Å². The molecule has 1 aliphatic heterocycles. The Morgan fingerprint density at radius 3 is 2.63 bits per heavy atom. The van der Waals surface area contributed by atoms with Gasteiger partial charge in [0.15, 0.2) is 12.3 Å². The number of aromatic amines is 1. The smallest absolute Gasteiger partial charge is 0.482 e. The van der Waals surface area contributed by atoms with Gasteiger partial charge in [-0.2, -0.15) is 0 Å². The Morgan fingerprint density at radius 1 is 1.20 bits per heavy atom. The molecule has 218 valence electrons. The van der Waals surface area contributed by atoms with Crippen LogP contribution in [-0.4, -0.2) is 48.2 Å². The molecule has 1 aliphatic rings. The van der Waals surface area contributed by atoms with E-state index in [1.165, 1.54) is 18.5 Å². The van der Waals surface area contributed by atoms with Crippen molar-refractivity contribution >= 4 is 66.4 Å². The number of fused-ring (bicyclic) bond motifs is 2. The molecular weight excluding hydrogens is 616 g/mol. The van der Waals surface area contributed by atoms with Gasteiger partial charge in [0.25, 0.3) is 20.9 Å². The number of alkyl halides is 3. The number of nitrogens with one attached hydrogen (secondary N) is 3. The second-order valence-electron chi connectivity index (χ2n) is 7.97. The van der Waals surface area contributed by atoms with Gasteiger partial charge in [0, 0.05) is 23.4 Å². The third-order valence-corrected chi connectivity index (χ3v) is 6.54. The van der Waals surface area contributed by atoms with Crippen LogP contribution in [0.15, 0.2) is 59.9 Å². The second kappa shape index (κ2) is 12.5. The first-order valence-corrected chi connectivity index (χ1v) is 13.3. The molecule has 5 rings (SSSR count).